The largest absolute Gasteiger partial charge is 1.00 e. The van der Waals surface area contributed by atoms with Crippen LogP contribution in [0.15, 0.2) is 108 Å². The van der Waals surface area contributed by atoms with Crippen LogP contribution in [0.3, 0.4) is 0 Å². The van der Waals surface area contributed by atoms with E-state index >= 15 is 0 Å². The van der Waals surface area contributed by atoms with Crippen molar-refractivity contribution in [3.8, 4) is 34.1 Å². The zero-order valence-corrected chi connectivity index (χ0v) is 40.9. The van der Waals surface area contributed by atoms with E-state index in [1.165, 1.54) is 39.3 Å². The summed E-state index contributed by atoms with van der Waals surface area (Å²) in [7, 11) is -12.9. The van der Waals surface area contributed by atoms with Crippen molar-refractivity contribution in [2.24, 2.45) is 20.5 Å². The number of phenolic OH excluding ortho intramolecular Hbond substituents is 2. The fourth-order valence-corrected chi connectivity index (χ4v) is 8.11. The number of nitrogens with two attached hydrogens (primary N) is 2. The van der Waals surface area contributed by atoms with Crippen LogP contribution in [0.5, 0.6) is 23.0 Å². The van der Waals surface area contributed by atoms with Gasteiger partial charge in [0.1, 0.15) is 64.6 Å². The molecule has 0 aromatic heterocycles. The van der Waals surface area contributed by atoms with E-state index in [4.69, 9.17) is 20.9 Å². The number of rotatable bonds is 10. The number of hydrogen-bond donors (Lipinski definition) is 4. The molecule has 0 bridgehead atoms. The Morgan fingerprint density at radius 2 is 0.867 bits per heavy atom. The number of anilines is 2. The fourth-order valence-electron chi connectivity index (χ4n) is 5.94. The number of aromatic hydroxyl groups is 2. The van der Waals surface area contributed by atoms with Gasteiger partial charge < -0.3 is 44.8 Å². The number of hydrogen-bond acceptors (Lipinski definition) is 19. The fraction of sp³-hybridized carbons (Fsp3) is 0.0857. The monoisotopic (exact) mass is 904 g/mol. The quantitative estimate of drug-likeness (QED) is 0.0464. The average molecular weight is 905 g/mol. The summed E-state index contributed by atoms with van der Waals surface area (Å²) in [5, 5.41) is 37.1. The predicted molar refractivity (Wildman–Crippen MR) is 202 cm³/mol. The van der Waals surface area contributed by atoms with E-state index in [0.29, 0.717) is 17.2 Å². The van der Waals surface area contributed by atoms with Gasteiger partial charge in [-0.05, 0) is 72.1 Å². The van der Waals surface area contributed by atoms with E-state index in [0.717, 1.165) is 18.2 Å². The van der Waals surface area contributed by atoms with Crippen molar-refractivity contribution < 1.29 is 147 Å². The molecule has 0 aliphatic heterocycles. The molecule has 0 spiro atoms. The maximum absolute atomic E-state index is 11.9. The van der Waals surface area contributed by atoms with Crippen molar-refractivity contribution in [3.63, 3.8) is 0 Å². The topological polar surface area (TPSA) is 332 Å². The second-order valence-electron chi connectivity index (χ2n) is 12.1. The molecule has 0 aliphatic rings. The molecule has 0 unspecified atom stereocenters. The van der Waals surface area contributed by atoms with Crippen molar-refractivity contribution in [2.45, 2.75) is 21.6 Å². The Bertz CT molecular complexity index is 3100. The Hall–Kier alpha value is -3.43. The second kappa shape index (κ2) is 19.3. The van der Waals surface area contributed by atoms with E-state index in [9.17, 15) is 49.1 Å². The third kappa shape index (κ3) is 10.1. The maximum Gasteiger partial charge on any atom is 1.00 e. The summed E-state index contributed by atoms with van der Waals surface area (Å²) in [6.45, 7) is 1.49. The molecule has 6 aromatic carbocycles. The normalized spacial score (nSPS) is 12.0. The third-order valence-electron chi connectivity index (χ3n) is 8.71. The van der Waals surface area contributed by atoms with Crippen molar-refractivity contribution in [1.82, 2.24) is 0 Å². The first-order valence-corrected chi connectivity index (χ1v) is 20.1. The van der Waals surface area contributed by atoms with Gasteiger partial charge in [-0.1, -0.05) is 24.3 Å². The predicted octanol–water partition coefficient (Wildman–Crippen LogP) is -2.88. The molecule has 0 fully saturated rings. The van der Waals surface area contributed by atoms with Crippen LogP contribution in [-0.2, 0) is 30.4 Å². The summed E-state index contributed by atoms with van der Waals surface area (Å²) >= 11 is 0. The van der Waals surface area contributed by atoms with Gasteiger partial charge in [-0.3, -0.25) is 0 Å². The minimum Gasteiger partial charge on any atom is -0.744 e. The minimum atomic E-state index is -5.38. The van der Waals surface area contributed by atoms with Gasteiger partial charge in [-0.25, -0.2) is 25.3 Å². The molecule has 19 nitrogen and oxygen atoms in total. The van der Waals surface area contributed by atoms with Crippen LogP contribution in [-0.4, -0.2) is 63.3 Å². The second-order valence-corrected chi connectivity index (χ2v) is 16.2. The zero-order valence-electron chi connectivity index (χ0n) is 32.5. The van der Waals surface area contributed by atoms with Crippen LogP contribution in [0.4, 0.5) is 34.1 Å². The first kappa shape index (κ1) is 50.9. The SMILES string of the molecule is COc1cc(-c2ccc(N=Nc3ccc4c(S(=O)(=O)[O-])cc(S(=O)(=O)[O-])c(N)c4c3O)c(OC)c2)ccc1N=Nc1ccc2c(S(=O)(=O)[O-])cc(C)c(N)c2c1O.[Na+].[Na+].[Na+]. The van der Waals surface area contributed by atoms with Crippen LogP contribution in [0.25, 0.3) is 32.7 Å². The van der Waals surface area contributed by atoms with Crippen molar-refractivity contribution >= 4 is 86.0 Å². The number of azo groups is 2. The Kier molecular flexibility index (Phi) is 16.4. The van der Waals surface area contributed by atoms with Gasteiger partial charge in [0.25, 0.3) is 0 Å². The average Bonchev–Trinajstić information content (AvgIpc) is 3.14. The molecular weight excluding hydrogens is 878 g/mol. The van der Waals surface area contributed by atoms with Gasteiger partial charge in [-0.15, -0.1) is 20.5 Å². The molecule has 6 N–H and O–H groups in total. The molecule has 0 saturated carbocycles. The smallest absolute Gasteiger partial charge is 0.744 e. The Morgan fingerprint density at radius 1 is 0.517 bits per heavy atom. The van der Waals surface area contributed by atoms with Crippen LogP contribution >= 0.6 is 0 Å². The van der Waals surface area contributed by atoms with Crippen molar-refractivity contribution in [3.05, 3.63) is 78.4 Å². The van der Waals surface area contributed by atoms with E-state index in [1.54, 1.807) is 30.3 Å². The molecule has 0 amide bonds. The van der Waals surface area contributed by atoms with Crippen molar-refractivity contribution in [2.75, 3.05) is 25.7 Å². The van der Waals surface area contributed by atoms with Crippen molar-refractivity contribution in [1.29, 1.82) is 0 Å². The van der Waals surface area contributed by atoms with Crippen LogP contribution in [0.2, 0.25) is 0 Å². The number of phenols is 2. The van der Waals surface area contributed by atoms with Gasteiger partial charge in [0.2, 0.25) is 0 Å². The molecule has 296 valence electrons. The summed E-state index contributed by atoms with van der Waals surface area (Å²) < 4.78 is 118. The van der Waals surface area contributed by atoms with Crippen LogP contribution in [0, 0.1) is 6.92 Å². The molecule has 0 heterocycles. The van der Waals surface area contributed by atoms with Gasteiger partial charge in [-0.2, -0.15) is 0 Å². The molecule has 0 saturated heterocycles. The minimum absolute atomic E-state index is 0. The summed E-state index contributed by atoms with van der Waals surface area (Å²) in [5.74, 6) is -0.911. The number of methoxy groups -OCH3 is 2. The number of ether oxygens (including phenoxy) is 2. The molecule has 60 heavy (non-hydrogen) atoms. The van der Waals surface area contributed by atoms with E-state index in [2.05, 4.69) is 20.5 Å². The van der Waals surface area contributed by atoms with Gasteiger partial charge in [0, 0.05) is 16.5 Å². The molecule has 0 radical (unpaired) electrons. The van der Waals surface area contributed by atoms with Crippen LogP contribution < -0.4 is 110 Å². The molecule has 6 aromatic rings. The molecule has 25 heteroatoms. The van der Waals surface area contributed by atoms with Gasteiger partial charge in [0.05, 0.1) is 45.4 Å². The number of benzene rings is 6. The number of nitrogen functional groups attached to an aromatic ring is 2. The molecule has 0 atom stereocenters. The molecule has 6 rings (SSSR count). The standard InChI is InChI=1S/C35H30N6O13S3.3Na/c1-16-12-27(55(44,45)46)19-6-10-23(34(42)30(19)32(16)36)40-38-21-8-4-17(13-25(21)53-2)18-5-9-22(26(14-18)54-3)39-41-24-11-7-20-28(56(47,48)49)15-29(57(50,51)52)33(37)31(20)35(24)43;;;/h4-15,42-43H,36-37H2,1-3H3,(H,44,45,46)(H,47,48,49)(H,50,51,52);;;/q;3*+1/p-3. The Labute approximate surface area is 409 Å². The van der Waals surface area contributed by atoms with Gasteiger partial charge in [0.15, 0.2) is 11.5 Å². The summed E-state index contributed by atoms with van der Waals surface area (Å²) in [6.07, 6.45) is 0. The van der Waals surface area contributed by atoms with Crippen LogP contribution in [0.1, 0.15) is 5.56 Å². The maximum atomic E-state index is 11.9. The number of fused-ring (bicyclic) bond motifs is 2. The first-order valence-electron chi connectivity index (χ1n) is 15.9. The Balaban J connectivity index is 0.00000320. The molecule has 0 aliphatic carbocycles. The van der Waals surface area contributed by atoms with E-state index in [-0.39, 0.29) is 145 Å². The third-order valence-corrected chi connectivity index (χ3v) is 11.3. The van der Waals surface area contributed by atoms with Gasteiger partial charge >= 0.3 is 88.7 Å². The summed E-state index contributed by atoms with van der Waals surface area (Å²) in [6, 6.07) is 15.8. The Morgan fingerprint density at radius 3 is 1.25 bits per heavy atom. The molecular formula is C35H27N6Na3O13S3. The number of nitrogens with zero attached hydrogens (tertiary/aromatic N) is 4. The summed E-state index contributed by atoms with van der Waals surface area (Å²) in [5.41, 5.74) is 12.6. The van der Waals surface area contributed by atoms with E-state index < -0.39 is 73.0 Å². The zero-order chi connectivity index (χ0) is 41.8. The first-order chi connectivity index (χ1) is 26.6. The van der Waals surface area contributed by atoms with E-state index in [1.807, 2.05) is 0 Å². The summed E-state index contributed by atoms with van der Waals surface area (Å²) in [4.78, 5) is -2.86. The number of aryl methyl sites for hydroxylation is 1.